The van der Waals surface area contributed by atoms with Crippen molar-refractivity contribution in [3.8, 4) is 0 Å². The topological polar surface area (TPSA) is 66.9 Å². The van der Waals surface area contributed by atoms with Crippen LogP contribution in [-0.2, 0) is 10.2 Å². The van der Waals surface area contributed by atoms with Gasteiger partial charge in [0.2, 0.25) is 5.91 Å². The molecular weight excluding hydrogens is 276 g/mol. The highest BCUT2D eigenvalue weighted by molar-refractivity contribution is 6.29. The van der Waals surface area contributed by atoms with E-state index in [4.69, 9.17) is 11.6 Å². The normalized spacial score (nSPS) is 15.0. The molecule has 1 aromatic heterocycles. The molecule has 1 heterocycles. The number of halogens is 1. The fourth-order valence-corrected chi connectivity index (χ4v) is 1.89. The van der Waals surface area contributed by atoms with Gasteiger partial charge in [0, 0.05) is 30.5 Å². The van der Waals surface area contributed by atoms with Crippen LogP contribution in [0.2, 0.25) is 5.15 Å². The maximum absolute atomic E-state index is 11.5. The molecule has 1 fully saturated rings. The fourth-order valence-electron chi connectivity index (χ4n) is 1.71. The predicted molar refractivity (Wildman–Crippen MR) is 80.0 cm³/mol. The Morgan fingerprint density at radius 2 is 2.05 bits per heavy atom. The Balaban J connectivity index is 1.85. The SMILES string of the molecule is CC(C)(C)c1nc(Cl)cc(NCCNC(=O)C2CC2)n1. The summed E-state index contributed by atoms with van der Waals surface area (Å²) in [5.74, 6) is 1.80. The molecule has 2 rings (SSSR count). The largest absolute Gasteiger partial charge is 0.368 e. The zero-order valence-corrected chi connectivity index (χ0v) is 12.9. The molecule has 110 valence electrons. The maximum Gasteiger partial charge on any atom is 0.223 e. The molecule has 6 heteroatoms. The highest BCUT2D eigenvalue weighted by Gasteiger charge is 2.28. The van der Waals surface area contributed by atoms with Gasteiger partial charge in [-0.3, -0.25) is 4.79 Å². The van der Waals surface area contributed by atoms with Gasteiger partial charge in [-0.15, -0.1) is 0 Å². The Kier molecular flexibility index (Phi) is 4.48. The summed E-state index contributed by atoms with van der Waals surface area (Å²) in [5, 5.41) is 6.48. The predicted octanol–water partition coefficient (Wildman–Crippen LogP) is 2.37. The van der Waals surface area contributed by atoms with Crippen molar-refractivity contribution in [2.75, 3.05) is 18.4 Å². The first-order valence-electron chi connectivity index (χ1n) is 6.93. The van der Waals surface area contributed by atoms with E-state index in [0.29, 0.717) is 29.9 Å². The highest BCUT2D eigenvalue weighted by Crippen LogP contribution is 2.28. The summed E-state index contributed by atoms with van der Waals surface area (Å²) in [5.41, 5.74) is -0.151. The molecule has 1 aliphatic carbocycles. The highest BCUT2D eigenvalue weighted by atomic mass is 35.5. The van der Waals surface area contributed by atoms with E-state index in [1.165, 1.54) is 0 Å². The van der Waals surface area contributed by atoms with E-state index in [9.17, 15) is 4.79 Å². The van der Waals surface area contributed by atoms with E-state index in [0.717, 1.165) is 12.8 Å². The van der Waals surface area contributed by atoms with Crippen LogP contribution in [0.4, 0.5) is 5.82 Å². The molecule has 0 bridgehead atoms. The Labute approximate surface area is 124 Å². The molecule has 5 nitrogen and oxygen atoms in total. The second-order valence-electron chi connectivity index (χ2n) is 6.14. The minimum absolute atomic E-state index is 0.151. The summed E-state index contributed by atoms with van der Waals surface area (Å²) in [4.78, 5) is 20.2. The molecule has 20 heavy (non-hydrogen) atoms. The summed E-state index contributed by atoms with van der Waals surface area (Å²) in [7, 11) is 0. The van der Waals surface area contributed by atoms with Crippen LogP contribution < -0.4 is 10.6 Å². The second-order valence-corrected chi connectivity index (χ2v) is 6.53. The van der Waals surface area contributed by atoms with Gasteiger partial charge in [0.1, 0.15) is 16.8 Å². The molecule has 0 aliphatic heterocycles. The molecule has 2 N–H and O–H groups in total. The summed E-state index contributed by atoms with van der Waals surface area (Å²) in [6, 6.07) is 1.69. The molecule has 1 amide bonds. The quantitative estimate of drug-likeness (QED) is 0.646. The number of amides is 1. The lowest BCUT2D eigenvalue weighted by atomic mass is 9.96. The van der Waals surface area contributed by atoms with Gasteiger partial charge in [0.15, 0.2) is 0 Å². The number of hydrogen-bond acceptors (Lipinski definition) is 4. The third kappa shape index (κ3) is 4.34. The summed E-state index contributed by atoms with van der Waals surface area (Å²) in [6.07, 6.45) is 2.05. The van der Waals surface area contributed by atoms with Crippen molar-refractivity contribution < 1.29 is 4.79 Å². The van der Waals surface area contributed by atoms with Gasteiger partial charge in [-0.05, 0) is 12.8 Å². The summed E-state index contributed by atoms with van der Waals surface area (Å²) >= 11 is 6.01. The minimum Gasteiger partial charge on any atom is -0.368 e. The van der Waals surface area contributed by atoms with Gasteiger partial charge < -0.3 is 10.6 Å². The van der Waals surface area contributed by atoms with Crippen LogP contribution in [0.1, 0.15) is 39.4 Å². The van der Waals surface area contributed by atoms with Crippen molar-refractivity contribution in [2.24, 2.45) is 5.92 Å². The van der Waals surface area contributed by atoms with Crippen molar-refractivity contribution in [1.29, 1.82) is 0 Å². The summed E-state index contributed by atoms with van der Waals surface area (Å²) < 4.78 is 0. The van der Waals surface area contributed by atoms with Gasteiger partial charge in [-0.25, -0.2) is 9.97 Å². The third-order valence-corrected chi connectivity index (χ3v) is 3.24. The van der Waals surface area contributed by atoms with E-state index in [2.05, 4.69) is 20.6 Å². The van der Waals surface area contributed by atoms with Gasteiger partial charge in [0.25, 0.3) is 0 Å². The van der Waals surface area contributed by atoms with Crippen molar-refractivity contribution in [3.05, 3.63) is 17.0 Å². The number of aromatic nitrogens is 2. The fraction of sp³-hybridized carbons (Fsp3) is 0.643. The Hall–Kier alpha value is -1.36. The molecule has 1 aliphatic rings. The van der Waals surface area contributed by atoms with E-state index < -0.39 is 0 Å². The van der Waals surface area contributed by atoms with Crippen molar-refractivity contribution in [1.82, 2.24) is 15.3 Å². The summed E-state index contributed by atoms with van der Waals surface area (Å²) in [6.45, 7) is 7.33. The zero-order chi connectivity index (χ0) is 14.8. The number of hydrogen-bond donors (Lipinski definition) is 2. The van der Waals surface area contributed by atoms with Gasteiger partial charge in [-0.1, -0.05) is 32.4 Å². The molecule has 0 unspecified atom stereocenters. The smallest absolute Gasteiger partial charge is 0.223 e. The van der Waals surface area contributed by atoms with Gasteiger partial charge in [-0.2, -0.15) is 0 Å². The molecule has 0 aromatic carbocycles. The van der Waals surface area contributed by atoms with Crippen LogP contribution in [0.5, 0.6) is 0 Å². The van der Waals surface area contributed by atoms with Gasteiger partial charge in [0.05, 0.1) is 0 Å². The molecule has 0 spiro atoms. The van der Waals surface area contributed by atoms with E-state index >= 15 is 0 Å². The Morgan fingerprint density at radius 1 is 1.35 bits per heavy atom. The first-order chi connectivity index (χ1) is 9.36. The Bertz CT molecular complexity index is 494. The van der Waals surface area contributed by atoms with Crippen LogP contribution >= 0.6 is 11.6 Å². The molecule has 1 aromatic rings. The van der Waals surface area contributed by atoms with Crippen LogP contribution in [-0.4, -0.2) is 29.0 Å². The number of carbonyl (C=O) groups is 1. The van der Waals surface area contributed by atoms with Crippen LogP contribution in [0, 0.1) is 5.92 Å². The monoisotopic (exact) mass is 296 g/mol. The van der Waals surface area contributed by atoms with Crippen molar-refractivity contribution >= 4 is 23.3 Å². The average Bonchev–Trinajstić information content (AvgIpc) is 3.16. The molecule has 0 saturated heterocycles. The number of nitrogens with zero attached hydrogens (tertiary/aromatic N) is 2. The molecular formula is C14H21ClN4O. The van der Waals surface area contributed by atoms with Gasteiger partial charge >= 0.3 is 0 Å². The molecule has 0 atom stereocenters. The van der Waals surface area contributed by atoms with Crippen LogP contribution in [0.25, 0.3) is 0 Å². The van der Waals surface area contributed by atoms with Crippen LogP contribution in [0.3, 0.4) is 0 Å². The lowest BCUT2D eigenvalue weighted by molar-refractivity contribution is -0.122. The minimum atomic E-state index is -0.151. The third-order valence-electron chi connectivity index (χ3n) is 3.04. The maximum atomic E-state index is 11.5. The van der Waals surface area contributed by atoms with Crippen LogP contribution in [0.15, 0.2) is 6.07 Å². The Morgan fingerprint density at radius 3 is 2.65 bits per heavy atom. The second kappa shape index (κ2) is 5.95. The van der Waals surface area contributed by atoms with E-state index in [1.54, 1.807) is 6.07 Å². The first-order valence-corrected chi connectivity index (χ1v) is 7.31. The molecule has 0 radical (unpaired) electrons. The lowest BCUT2D eigenvalue weighted by Gasteiger charge is -2.17. The van der Waals surface area contributed by atoms with Crippen molar-refractivity contribution in [3.63, 3.8) is 0 Å². The molecule has 1 saturated carbocycles. The number of nitrogens with one attached hydrogen (secondary N) is 2. The number of carbonyl (C=O) groups excluding carboxylic acids is 1. The van der Waals surface area contributed by atoms with E-state index in [1.807, 2.05) is 20.8 Å². The first kappa shape index (κ1) is 15.0. The number of rotatable bonds is 5. The number of anilines is 1. The van der Waals surface area contributed by atoms with Crippen molar-refractivity contribution in [2.45, 2.75) is 39.0 Å². The standard InChI is InChI=1S/C14H21ClN4O/c1-14(2,3)13-18-10(15)8-11(19-13)16-6-7-17-12(20)9-4-5-9/h8-9H,4-7H2,1-3H3,(H,17,20)(H,16,18,19). The lowest BCUT2D eigenvalue weighted by Crippen LogP contribution is -2.30. The average molecular weight is 297 g/mol. The van der Waals surface area contributed by atoms with E-state index in [-0.39, 0.29) is 17.2 Å². The zero-order valence-electron chi connectivity index (χ0n) is 12.2.